The molecule has 2 amide bonds. The van der Waals surface area contributed by atoms with E-state index in [1.165, 1.54) is 0 Å². The van der Waals surface area contributed by atoms with Gasteiger partial charge in [0.25, 0.3) is 0 Å². The van der Waals surface area contributed by atoms with Crippen molar-refractivity contribution in [2.75, 3.05) is 6.54 Å². The molecule has 5 nitrogen and oxygen atoms in total. The average Bonchev–Trinajstić information content (AvgIpc) is 2.57. The van der Waals surface area contributed by atoms with Crippen LogP contribution in [0.15, 0.2) is 60.7 Å². The van der Waals surface area contributed by atoms with Crippen LogP contribution in [0.4, 0.5) is 0 Å². The van der Waals surface area contributed by atoms with Gasteiger partial charge < -0.3 is 5.32 Å². The van der Waals surface area contributed by atoms with E-state index >= 15 is 0 Å². The first-order valence-corrected chi connectivity index (χ1v) is 7.03. The molecule has 0 atom stereocenters. The maximum absolute atomic E-state index is 12.5. The minimum atomic E-state index is -0.531. The molecule has 2 rings (SSSR count). The Bertz CT molecular complexity index is 575. The molecule has 0 spiro atoms. The highest BCUT2D eigenvalue weighted by molar-refractivity contribution is 5.87. The molecule has 5 heteroatoms. The molecule has 0 radical (unpaired) electrons. The molecule has 0 heterocycles. The fourth-order valence-corrected chi connectivity index (χ4v) is 2.24. The zero-order valence-corrected chi connectivity index (χ0v) is 12.0. The SMILES string of the molecule is O=C(CCNC(=O)C(c1ccccc1)c1ccccc1)NO. The average molecular weight is 298 g/mol. The Morgan fingerprint density at radius 1 is 0.909 bits per heavy atom. The molecule has 114 valence electrons. The van der Waals surface area contributed by atoms with E-state index in [4.69, 9.17) is 5.21 Å². The number of hydrogen-bond donors (Lipinski definition) is 3. The number of benzene rings is 2. The third-order valence-corrected chi connectivity index (χ3v) is 3.30. The first-order chi connectivity index (χ1) is 10.7. The smallest absolute Gasteiger partial charge is 0.245 e. The summed E-state index contributed by atoms with van der Waals surface area (Å²) in [5, 5.41) is 11.2. The van der Waals surface area contributed by atoms with Crippen LogP contribution in [0, 0.1) is 0 Å². The van der Waals surface area contributed by atoms with Gasteiger partial charge in [-0.1, -0.05) is 60.7 Å². The molecule has 0 saturated heterocycles. The maximum Gasteiger partial charge on any atom is 0.245 e. The second kappa shape index (κ2) is 7.95. The van der Waals surface area contributed by atoms with E-state index in [0.29, 0.717) is 0 Å². The zero-order chi connectivity index (χ0) is 15.8. The van der Waals surface area contributed by atoms with Gasteiger partial charge in [0.05, 0.1) is 5.92 Å². The van der Waals surface area contributed by atoms with Gasteiger partial charge in [-0.3, -0.25) is 14.8 Å². The van der Waals surface area contributed by atoms with Crippen molar-refractivity contribution in [2.45, 2.75) is 12.3 Å². The van der Waals surface area contributed by atoms with Gasteiger partial charge in [0.2, 0.25) is 11.8 Å². The number of hydroxylamine groups is 1. The summed E-state index contributed by atoms with van der Waals surface area (Å²) in [6, 6.07) is 18.9. The van der Waals surface area contributed by atoms with Gasteiger partial charge in [-0.15, -0.1) is 0 Å². The second-order valence-electron chi connectivity index (χ2n) is 4.83. The van der Waals surface area contributed by atoms with Gasteiger partial charge in [-0.25, -0.2) is 5.48 Å². The van der Waals surface area contributed by atoms with Gasteiger partial charge in [0.15, 0.2) is 0 Å². The minimum absolute atomic E-state index is 0.0263. The second-order valence-corrected chi connectivity index (χ2v) is 4.83. The van der Waals surface area contributed by atoms with Crippen molar-refractivity contribution in [3.63, 3.8) is 0 Å². The van der Waals surface area contributed by atoms with E-state index in [9.17, 15) is 9.59 Å². The summed E-state index contributed by atoms with van der Waals surface area (Å²) in [6.07, 6.45) is 0.0263. The number of hydrogen-bond acceptors (Lipinski definition) is 3. The lowest BCUT2D eigenvalue weighted by atomic mass is 9.90. The van der Waals surface area contributed by atoms with Crippen LogP contribution in [-0.2, 0) is 9.59 Å². The van der Waals surface area contributed by atoms with E-state index in [1.54, 1.807) is 5.48 Å². The normalized spacial score (nSPS) is 10.3. The van der Waals surface area contributed by atoms with Crippen LogP contribution in [0.25, 0.3) is 0 Å². The predicted octanol–water partition coefficient (Wildman–Crippen LogP) is 1.83. The van der Waals surface area contributed by atoms with Crippen molar-refractivity contribution in [3.8, 4) is 0 Å². The molecule has 0 aliphatic heterocycles. The third-order valence-electron chi connectivity index (χ3n) is 3.30. The molecule has 3 N–H and O–H groups in total. The summed E-state index contributed by atoms with van der Waals surface area (Å²) < 4.78 is 0. The standard InChI is InChI=1S/C17H18N2O3/c20-15(19-22)11-12-18-17(21)16(13-7-3-1-4-8-13)14-9-5-2-6-10-14/h1-10,16,22H,11-12H2,(H,18,21)(H,19,20). The summed E-state index contributed by atoms with van der Waals surface area (Å²) >= 11 is 0. The number of nitrogens with one attached hydrogen (secondary N) is 2. The Hall–Kier alpha value is -2.66. The molecule has 0 aliphatic rings. The first-order valence-electron chi connectivity index (χ1n) is 7.03. The Morgan fingerprint density at radius 3 is 1.86 bits per heavy atom. The number of carbonyl (C=O) groups excluding carboxylic acids is 2. The maximum atomic E-state index is 12.5. The van der Waals surface area contributed by atoms with Crippen LogP contribution in [0.5, 0.6) is 0 Å². The fourth-order valence-electron chi connectivity index (χ4n) is 2.24. The number of carbonyl (C=O) groups is 2. The van der Waals surface area contributed by atoms with Crippen LogP contribution >= 0.6 is 0 Å². The summed E-state index contributed by atoms with van der Waals surface area (Å²) in [4.78, 5) is 23.5. The molecule has 0 fully saturated rings. The number of rotatable bonds is 6. The molecule has 0 aliphatic carbocycles. The van der Waals surface area contributed by atoms with Crippen LogP contribution < -0.4 is 10.8 Å². The van der Waals surface area contributed by atoms with Crippen molar-refractivity contribution >= 4 is 11.8 Å². The van der Waals surface area contributed by atoms with Gasteiger partial charge in [0, 0.05) is 13.0 Å². The van der Waals surface area contributed by atoms with Gasteiger partial charge in [-0.2, -0.15) is 0 Å². The molecule has 2 aromatic carbocycles. The van der Waals surface area contributed by atoms with E-state index in [1.807, 2.05) is 60.7 Å². The van der Waals surface area contributed by atoms with Crippen molar-refractivity contribution in [1.82, 2.24) is 10.8 Å². The highest BCUT2D eigenvalue weighted by atomic mass is 16.5. The van der Waals surface area contributed by atoms with E-state index in [2.05, 4.69) is 5.32 Å². The zero-order valence-electron chi connectivity index (χ0n) is 12.0. The predicted molar refractivity (Wildman–Crippen MR) is 82.3 cm³/mol. The summed E-state index contributed by atoms with van der Waals surface area (Å²) in [6.45, 7) is 0.168. The van der Waals surface area contributed by atoms with Crippen LogP contribution in [0.3, 0.4) is 0 Å². The largest absolute Gasteiger partial charge is 0.355 e. The summed E-state index contributed by atoms with van der Waals surface area (Å²) in [7, 11) is 0. The molecular weight excluding hydrogens is 280 g/mol. The van der Waals surface area contributed by atoms with Crippen LogP contribution in [0.1, 0.15) is 23.5 Å². The molecule has 2 aromatic rings. The number of amides is 2. The van der Waals surface area contributed by atoms with Crippen molar-refractivity contribution in [1.29, 1.82) is 0 Å². The van der Waals surface area contributed by atoms with Gasteiger partial charge >= 0.3 is 0 Å². The van der Waals surface area contributed by atoms with Crippen LogP contribution in [0.2, 0.25) is 0 Å². The lowest BCUT2D eigenvalue weighted by Gasteiger charge is -2.17. The molecule has 22 heavy (non-hydrogen) atoms. The molecule has 0 unspecified atom stereocenters. The van der Waals surface area contributed by atoms with Crippen molar-refractivity contribution in [2.24, 2.45) is 0 Å². The molecule has 0 bridgehead atoms. The van der Waals surface area contributed by atoms with Crippen molar-refractivity contribution < 1.29 is 14.8 Å². The monoisotopic (exact) mass is 298 g/mol. The molecule has 0 aromatic heterocycles. The van der Waals surface area contributed by atoms with Gasteiger partial charge in [0.1, 0.15) is 0 Å². The topological polar surface area (TPSA) is 78.4 Å². The lowest BCUT2D eigenvalue weighted by Crippen LogP contribution is -2.33. The van der Waals surface area contributed by atoms with E-state index in [0.717, 1.165) is 11.1 Å². The highest BCUT2D eigenvalue weighted by Gasteiger charge is 2.22. The third kappa shape index (κ3) is 4.17. The van der Waals surface area contributed by atoms with E-state index < -0.39 is 11.8 Å². The highest BCUT2D eigenvalue weighted by Crippen LogP contribution is 2.24. The van der Waals surface area contributed by atoms with E-state index in [-0.39, 0.29) is 18.9 Å². The Morgan fingerprint density at radius 2 is 1.41 bits per heavy atom. The Kier molecular flexibility index (Phi) is 5.68. The van der Waals surface area contributed by atoms with Crippen molar-refractivity contribution in [3.05, 3.63) is 71.8 Å². The molecular formula is C17H18N2O3. The Balaban J connectivity index is 2.15. The minimum Gasteiger partial charge on any atom is -0.355 e. The molecule has 0 saturated carbocycles. The van der Waals surface area contributed by atoms with Gasteiger partial charge in [-0.05, 0) is 11.1 Å². The summed E-state index contributed by atoms with van der Waals surface area (Å²) in [5.41, 5.74) is 3.31. The lowest BCUT2D eigenvalue weighted by molar-refractivity contribution is -0.129. The quantitative estimate of drug-likeness (QED) is 0.562. The summed E-state index contributed by atoms with van der Waals surface area (Å²) in [5.74, 6) is -1.14. The first kappa shape index (κ1) is 15.7. The van der Waals surface area contributed by atoms with Crippen LogP contribution in [-0.4, -0.2) is 23.6 Å². The Labute approximate surface area is 128 Å². The fraction of sp³-hybridized carbons (Fsp3) is 0.176.